The maximum Gasteiger partial charge on any atom is 0.414 e. The molecule has 1 aliphatic rings. The molecule has 0 saturated carbocycles. The fourth-order valence-electron chi connectivity index (χ4n) is 3.33. The molecule has 8 heteroatoms. The van der Waals surface area contributed by atoms with Gasteiger partial charge in [-0.05, 0) is 36.0 Å². The van der Waals surface area contributed by atoms with Crippen molar-refractivity contribution < 1.29 is 34.4 Å². The van der Waals surface area contributed by atoms with Gasteiger partial charge in [0.1, 0.15) is 18.5 Å². The molecular weight excluding hydrogens is 402 g/mol. The van der Waals surface area contributed by atoms with E-state index < -0.39 is 11.9 Å². The minimum absolute atomic E-state index is 0.0305. The standard InChI is InChI=1S/C21H21NO3.C2H2O4/c1-22(12-16-14-24-20-8-4-5-9-21(20)25-16)13-18-17-7-3-2-6-15(17)10-11-19(18)23;3-1(4)2(5)6/h2-11,16,23H,12-14H2,1H3;(H,3,4)(H,5,6). The number of ether oxygens (including phenoxy) is 2. The summed E-state index contributed by atoms with van der Waals surface area (Å²) in [5.74, 6) is -1.73. The number of carboxylic acids is 2. The maximum atomic E-state index is 10.3. The quantitative estimate of drug-likeness (QED) is 0.547. The Hall–Kier alpha value is -3.78. The molecule has 3 N–H and O–H groups in total. The Morgan fingerprint density at radius 1 is 0.968 bits per heavy atom. The molecule has 0 fully saturated rings. The van der Waals surface area contributed by atoms with Crippen molar-refractivity contribution in [3.63, 3.8) is 0 Å². The Bertz CT molecular complexity index is 1070. The smallest absolute Gasteiger partial charge is 0.414 e. The number of nitrogens with zero attached hydrogens (tertiary/aromatic N) is 1. The number of fused-ring (bicyclic) bond motifs is 2. The van der Waals surface area contributed by atoms with Gasteiger partial charge in [-0.1, -0.05) is 42.5 Å². The van der Waals surface area contributed by atoms with Crippen molar-refractivity contribution in [1.82, 2.24) is 4.90 Å². The molecule has 0 saturated heterocycles. The van der Waals surface area contributed by atoms with Gasteiger partial charge in [-0.25, -0.2) is 9.59 Å². The van der Waals surface area contributed by atoms with Crippen molar-refractivity contribution >= 4 is 22.7 Å². The van der Waals surface area contributed by atoms with E-state index in [2.05, 4.69) is 17.0 Å². The number of aromatic hydroxyl groups is 1. The van der Waals surface area contributed by atoms with Crippen LogP contribution in [0.2, 0.25) is 0 Å². The van der Waals surface area contributed by atoms with E-state index in [0.717, 1.165) is 34.4 Å². The summed E-state index contributed by atoms with van der Waals surface area (Å²) in [4.78, 5) is 20.4. The van der Waals surface area contributed by atoms with Crippen LogP contribution < -0.4 is 9.47 Å². The summed E-state index contributed by atoms with van der Waals surface area (Å²) in [5, 5.41) is 27.3. The average Bonchev–Trinajstić information content (AvgIpc) is 2.76. The fraction of sp³-hybridized carbons (Fsp3) is 0.217. The van der Waals surface area contributed by atoms with Crippen LogP contribution in [0.4, 0.5) is 0 Å². The SMILES string of the molecule is CN(Cc1c(O)ccc2ccccc12)CC1COc2ccccc2O1.O=C(O)C(=O)O. The Morgan fingerprint density at radius 3 is 2.32 bits per heavy atom. The van der Waals surface area contributed by atoms with Gasteiger partial charge >= 0.3 is 11.9 Å². The van der Waals surface area contributed by atoms with Crippen LogP contribution in [-0.2, 0) is 16.1 Å². The summed E-state index contributed by atoms with van der Waals surface area (Å²) in [6.45, 7) is 1.90. The van der Waals surface area contributed by atoms with Gasteiger partial charge < -0.3 is 24.8 Å². The number of benzene rings is 3. The summed E-state index contributed by atoms with van der Waals surface area (Å²) in [6, 6.07) is 19.6. The van der Waals surface area contributed by atoms with Crippen LogP contribution in [0.3, 0.4) is 0 Å². The highest BCUT2D eigenvalue weighted by atomic mass is 16.6. The van der Waals surface area contributed by atoms with Crippen molar-refractivity contribution in [1.29, 1.82) is 0 Å². The largest absolute Gasteiger partial charge is 0.508 e. The number of phenolic OH excluding ortho intramolecular Hbond substituents is 1. The van der Waals surface area contributed by atoms with Gasteiger partial charge in [-0.2, -0.15) is 0 Å². The van der Waals surface area contributed by atoms with E-state index in [9.17, 15) is 5.11 Å². The molecule has 4 rings (SSSR count). The summed E-state index contributed by atoms with van der Waals surface area (Å²) >= 11 is 0. The maximum absolute atomic E-state index is 10.3. The molecule has 3 aromatic carbocycles. The first-order valence-electron chi connectivity index (χ1n) is 9.58. The summed E-state index contributed by atoms with van der Waals surface area (Å²) in [6.07, 6.45) is -0.0305. The van der Waals surface area contributed by atoms with Gasteiger partial charge in [0.2, 0.25) is 0 Å². The molecule has 1 aliphatic heterocycles. The number of likely N-dealkylation sites (N-methyl/N-ethyl adjacent to an activating group) is 1. The molecule has 0 aliphatic carbocycles. The van der Waals surface area contributed by atoms with E-state index in [1.807, 2.05) is 49.5 Å². The van der Waals surface area contributed by atoms with Gasteiger partial charge in [-0.15, -0.1) is 0 Å². The summed E-state index contributed by atoms with van der Waals surface area (Å²) in [5.41, 5.74) is 0.942. The zero-order valence-electron chi connectivity index (χ0n) is 16.9. The van der Waals surface area contributed by atoms with Crippen LogP contribution in [0, 0.1) is 0 Å². The third-order valence-electron chi connectivity index (χ3n) is 4.71. The molecule has 0 aromatic heterocycles. The lowest BCUT2D eigenvalue weighted by atomic mass is 10.0. The van der Waals surface area contributed by atoms with Gasteiger partial charge in [0.05, 0.1) is 0 Å². The zero-order chi connectivity index (χ0) is 22.4. The number of carbonyl (C=O) groups is 2. The van der Waals surface area contributed by atoms with Gasteiger partial charge in [0.25, 0.3) is 0 Å². The Labute approximate surface area is 178 Å². The normalized spacial score (nSPS) is 14.6. The molecule has 8 nitrogen and oxygen atoms in total. The number of para-hydroxylation sites is 2. The van der Waals surface area contributed by atoms with E-state index in [4.69, 9.17) is 29.3 Å². The Balaban J connectivity index is 0.000000401. The average molecular weight is 425 g/mol. The second kappa shape index (κ2) is 9.82. The topological polar surface area (TPSA) is 117 Å². The second-order valence-electron chi connectivity index (χ2n) is 7.09. The van der Waals surface area contributed by atoms with Crippen LogP contribution in [0.15, 0.2) is 60.7 Å². The van der Waals surface area contributed by atoms with E-state index in [1.54, 1.807) is 6.07 Å². The molecule has 1 heterocycles. The predicted octanol–water partition coefficient (Wildman–Crippen LogP) is 2.97. The fourth-order valence-corrected chi connectivity index (χ4v) is 3.33. The lowest BCUT2D eigenvalue weighted by Crippen LogP contribution is -2.39. The number of hydrogen-bond acceptors (Lipinski definition) is 6. The highest BCUT2D eigenvalue weighted by Crippen LogP contribution is 2.32. The zero-order valence-corrected chi connectivity index (χ0v) is 16.9. The highest BCUT2D eigenvalue weighted by Gasteiger charge is 2.22. The highest BCUT2D eigenvalue weighted by molar-refractivity contribution is 6.27. The molecular formula is C23H23NO7. The van der Waals surface area contributed by atoms with Crippen molar-refractivity contribution in [3.8, 4) is 17.2 Å². The molecule has 1 atom stereocenters. The van der Waals surface area contributed by atoms with Gasteiger partial charge in [0, 0.05) is 18.7 Å². The van der Waals surface area contributed by atoms with Crippen molar-refractivity contribution in [2.24, 2.45) is 0 Å². The number of hydrogen-bond donors (Lipinski definition) is 3. The van der Waals surface area contributed by atoms with E-state index in [1.165, 1.54) is 0 Å². The number of carboxylic acid groups (broad SMARTS) is 2. The molecule has 0 amide bonds. The summed E-state index contributed by atoms with van der Waals surface area (Å²) in [7, 11) is 2.03. The van der Waals surface area contributed by atoms with Crippen molar-refractivity contribution in [2.75, 3.05) is 20.2 Å². The van der Waals surface area contributed by atoms with Crippen molar-refractivity contribution in [3.05, 3.63) is 66.2 Å². The van der Waals surface area contributed by atoms with Crippen LogP contribution in [0.5, 0.6) is 17.2 Å². The lowest BCUT2D eigenvalue weighted by Gasteiger charge is -2.29. The molecule has 3 aromatic rings. The number of aliphatic carboxylic acids is 2. The van der Waals surface area contributed by atoms with Crippen LogP contribution in [-0.4, -0.2) is 58.5 Å². The van der Waals surface area contributed by atoms with E-state index >= 15 is 0 Å². The minimum Gasteiger partial charge on any atom is -0.508 e. The van der Waals surface area contributed by atoms with Crippen LogP contribution >= 0.6 is 0 Å². The molecule has 0 bridgehead atoms. The van der Waals surface area contributed by atoms with E-state index in [-0.39, 0.29) is 6.10 Å². The first-order chi connectivity index (χ1) is 14.8. The molecule has 1 unspecified atom stereocenters. The Kier molecular flexibility index (Phi) is 6.94. The van der Waals surface area contributed by atoms with Crippen LogP contribution in [0.1, 0.15) is 5.56 Å². The van der Waals surface area contributed by atoms with Gasteiger partial charge in [-0.3, -0.25) is 4.90 Å². The van der Waals surface area contributed by atoms with Crippen LogP contribution in [0.25, 0.3) is 10.8 Å². The lowest BCUT2D eigenvalue weighted by molar-refractivity contribution is -0.159. The second-order valence-corrected chi connectivity index (χ2v) is 7.09. The van der Waals surface area contributed by atoms with Crippen molar-refractivity contribution in [2.45, 2.75) is 12.6 Å². The molecule has 162 valence electrons. The molecule has 0 spiro atoms. The first-order valence-corrected chi connectivity index (χ1v) is 9.58. The predicted molar refractivity (Wildman–Crippen MR) is 114 cm³/mol. The monoisotopic (exact) mass is 425 g/mol. The van der Waals surface area contributed by atoms with E-state index in [0.29, 0.717) is 18.9 Å². The third-order valence-corrected chi connectivity index (χ3v) is 4.71. The third kappa shape index (κ3) is 5.64. The minimum atomic E-state index is -1.82. The first kappa shape index (κ1) is 21.9. The summed E-state index contributed by atoms with van der Waals surface area (Å²) < 4.78 is 11.8. The Morgan fingerprint density at radius 2 is 1.61 bits per heavy atom. The number of rotatable bonds is 4. The molecule has 31 heavy (non-hydrogen) atoms. The molecule has 0 radical (unpaired) electrons. The number of phenols is 1. The van der Waals surface area contributed by atoms with Gasteiger partial charge in [0.15, 0.2) is 11.5 Å².